The molecule has 2 heterocycles. The smallest absolute Gasteiger partial charge is 0.226 e. The van der Waals surface area contributed by atoms with Crippen molar-refractivity contribution in [2.24, 2.45) is 17.3 Å². The molecule has 22 heavy (non-hydrogen) atoms. The summed E-state index contributed by atoms with van der Waals surface area (Å²) in [4.78, 5) is 19.0. The van der Waals surface area contributed by atoms with E-state index in [2.05, 4.69) is 55.2 Å². The van der Waals surface area contributed by atoms with E-state index >= 15 is 0 Å². The number of piperidine rings is 1. The van der Waals surface area contributed by atoms with Crippen LogP contribution in [0, 0.1) is 17.3 Å². The topological polar surface area (TPSA) is 45.2 Å². The largest absolute Gasteiger partial charge is 0.302 e. The fourth-order valence-electron chi connectivity index (χ4n) is 3.23. The van der Waals surface area contributed by atoms with Crippen molar-refractivity contribution in [3.05, 3.63) is 11.1 Å². The first-order valence-corrected chi connectivity index (χ1v) is 9.06. The molecule has 1 aliphatic heterocycles. The molecular formula is C17H29N3OS. The number of amides is 1. The van der Waals surface area contributed by atoms with Crippen LogP contribution in [0.4, 0.5) is 5.13 Å². The van der Waals surface area contributed by atoms with Gasteiger partial charge in [0, 0.05) is 31.4 Å². The molecule has 0 radical (unpaired) electrons. The first kappa shape index (κ1) is 17.4. The van der Waals surface area contributed by atoms with Gasteiger partial charge in [0.1, 0.15) is 0 Å². The fourth-order valence-corrected chi connectivity index (χ4v) is 3.95. The minimum Gasteiger partial charge on any atom is -0.302 e. The molecular weight excluding hydrogens is 294 g/mol. The minimum absolute atomic E-state index is 0.00422. The molecule has 1 N–H and O–H groups in total. The number of nitrogens with one attached hydrogen (secondary N) is 1. The maximum absolute atomic E-state index is 12.0. The van der Waals surface area contributed by atoms with Crippen LogP contribution in [0.25, 0.3) is 0 Å². The average Bonchev–Trinajstić information content (AvgIpc) is 2.71. The average molecular weight is 324 g/mol. The summed E-state index contributed by atoms with van der Waals surface area (Å²) in [6.45, 7) is 14.0. The number of rotatable bonds is 4. The molecule has 2 atom stereocenters. The zero-order chi connectivity index (χ0) is 16.3. The third-order valence-electron chi connectivity index (χ3n) is 3.82. The summed E-state index contributed by atoms with van der Waals surface area (Å²) in [5, 5.41) is 5.71. The molecule has 2 unspecified atom stereocenters. The molecule has 1 fully saturated rings. The second kappa shape index (κ2) is 7.09. The molecule has 1 saturated heterocycles. The highest BCUT2D eigenvalue weighted by molar-refractivity contribution is 7.13. The van der Waals surface area contributed by atoms with Gasteiger partial charge in [-0.15, -0.1) is 11.3 Å². The van der Waals surface area contributed by atoms with Crippen LogP contribution in [0.5, 0.6) is 0 Å². The number of thiazole rings is 1. The molecule has 1 amide bonds. The number of anilines is 1. The van der Waals surface area contributed by atoms with Gasteiger partial charge in [0.2, 0.25) is 5.91 Å². The van der Waals surface area contributed by atoms with Gasteiger partial charge in [0.05, 0.1) is 5.69 Å². The fraction of sp³-hybridized carbons (Fsp3) is 0.765. The highest BCUT2D eigenvalue weighted by Gasteiger charge is 2.22. The summed E-state index contributed by atoms with van der Waals surface area (Å²) >= 11 is 1.52. The summed E-state index contributed by atoms with van der Waals surface area (Å²) in [7, 11) is 0. The van der Waals surface area contributed by atoms with Gasteiger partial charge in [-0.2, -0.15) is 0 Å². The summed E-state index contributed by atoms with van der Waals surface area (Å²) in [5.74, 6) is 1.57. The Bertz CT molecular complexity index is 496. The molecule has 0 aromatic carbocycles. The standard InChI is InChI=1S/C17H29N3OS/c1-12-6-13(2)9-20(8-12)10-14-11-22-16(18-14)19-15(21)7-17(3,4)5/h11-13H,6-10H2,1-5H3,(H,18,19,21). The van der Waals surface area contributed by atoms with E-state index in [4.69, 9.17) is 0 Å². The van der Waals surface area contributed by atoms with Crippen LogP contribution in [-0.4, -0.2) is 28.9 Å². The van der Waals surface area contributed by atoms with Gasteiger partial charge in [-0.05, 0) is 23.7 Å². The lowest BCUT2D eigenvalue weighted by molar-refractivity contribution is -0.117. The van der Waals surface area contributed by atoms with Gasteiger partial charge in [-0.3, -0.25) is 9.69 Å². The van der Waals surface area contributed by atoms with Gasteiger partial charge < -0.3 is 5.32 Å². The van der Waals surface area contributed by atoms with E-state index in [0.29, 0.717) is 6.42 Å². The monoisotopic (exact) mass is 323 g/mol. The lowest BCUT2D eigenvalue weighted by Crippen LogP contribution is -2.38. The van der Waals surface area contributed by atoms with E-state index in [9.17, 15) is 4.79 Å². The second-order valence-corrected chi connectivity index (χ2v) is 8.93. The molecule has 124 valence electrons. The summed E-state index contributed by atoms with van der Waals surface area (Å²) < 4.78 is 0. The Morgan fingerprint density at radius 1 is 1.36 bits per heavy atom. The van der Waals surface area contributed by atoms with Crippen molar-refractivity contribution < 1.29 is 4.79 Å². The lowest BCUT2D eigenvalue weighted by Gasteiger charge is -2.34. The minimum atomic E-state index is 0.00422. The van der Waals surface area contributed by atoms with Crippen molar-refractivity contribution in [3.8, 4) is 0 Å². The van der Waals surface area contributed by atoms with Crippen molar-refractivity contribution in [1.82, 2.24) is 9.88 Å². The number of carbonyl (C=O) groups excluding carboxylic acids is 1. The zero-order valence-electron chi connectivity index (χ0n) is 14.5. The summed E-state index contributed by atoms with van der Waals surface area (Å²) in [5.41, 5.74) is 1.07. The third kappa shape index (κ3) is 5.69. The van der Waals surface area contributed by atoms with Crippen molar-refractivity contribution in [1.29, 1.82) is 0 Å². The van der Waals surface area contributed by atoms with Gasteiger partial charge in [0.15, 0.2) is 5.13 Å². The van der Waals surface area contributed by atoms with Crippen LogP contribution in [0.1, 0.15) is 53.2 Å². The van der Waals surface area contributed by atoms with E-state index in [-0.39, 0.29) is 11.3 Å². The van der Waals surface area contributed by atoms with E-state index in [1.165, 1.54) is 17.8 Å². The molecule has 0 saturated carbocycles. The molecule has 0 spiro atoms. The molecule has 1 aliphatic rings. The number of aromatic nitrogens is 1. The predicted molar refractivity (Wildman–Crippen MR) is 93.0 cm³/mol. The lowest BCUT2D eigenvalue weighted by atomic mass is 9.92. The molecule has 2 rings (SSSR count). The van der Waals surface area contributed by atoms with Crippen LogP contribution < -0.4 is 5.32 Å². The van der Waals surface area contributed by atoms with Crippen molar-refractivity contribution in [3.63, 3.8) is 0 Å². The van der Waals surface area contributed by atoms with Crippen LogP contribution in [0.15, 0.2) is 5.38 Å². The van der Waals surface area contributed by atoms with Crippen LogP contribution in [0.3, 0.4) is 0 Å². The zero-order valence-corrected chi connectivity index (χ0v) is 15.3. The van der Waals surface area contributed by atoms with Crippen LogP contribution in [-0.2, 0) is 11.3 Å². The van der Waals surface area contributed by atoms with Crippen molar-refractivity contribution >= 4 is 22.4 Å². The highest BCUT2D eigenvalue weighted by atomic mass is 32.1. The number of likely N-dealkylation sites (tertiary alicyclic amines) is 1. The van der Waals surface area contributed by atoms with Gasteiger partial charge in [-0.1, -0.05) is 34.6 Å². The maximum atomic E-state index is 12.0. The van der Waals surface area contributed by atoms with Crippen LogP contribution >= 0.6 is 11.3 Å². The van der Waals surface area contributed by atoms with E-state index in [0.717, 1.165) is 42.3 Å². The highest BCUT2D eigenvalue weighted by Crippen LogP contribution is 2.24. The Morgan fingerprint density at radius 2 is 2.00 bits per heavy atom. The summed E-state index contributed by atoms with van der Waals surface area (Å²) in [6.07, 6.45) is 1.84. The quantitative estimate of drug-likeness (QED) is 0.911. The molecule has 0 bridgehead atoms. The van der Waals surface area contributed by atoms with E-state index < -0.39 is 0 Å². The Balaban J connectivity index is 1.87. The van der Waals surface area contributed by atoms with E-state index in [1.807, 2.05) is 0 Å². The Morgan fingerprint density at radius 3 is 2.59 bits per heavy atom. The van der Waals surface area contributed by atoms with Crippen molar-refractivity contribution in [2.45, 2.75) is 54.0 Å². The number of carbonyl (C=O) groups is 1. The number of hydrogen-bond acceptors (Lipinski definition) is 4. The molecule has 1 aromatic rings. The number of nitrogens with zero attached hydrogens (tertiary/aromatic N) is 2. The molecule has 4 nitrogen and oxygen atoms in total. The first-order chi connectivity index (χ1) is 10.2. The Labute approximate surface area is 138 Å². The normalized spacial score (nSPS) is 23.5. The first-order valence-electron chi connectivity index (χ1n) is 8.18. The maximum Gasteiger partial charge on any atom is 0.226 e. The number of hydrogen-bond donors (Lipinski definition) is 1. The van der Waals surface area contributed by atoms with Crippen LogP contribution in [0.2, 0.25) is 0 Å². The second-order valence-electron chi connectivity index (χ2n) is 8.07. The van der Waals surface area contributed by atoms with Gasteiger partial charge in [-0.25, -0.2) is 4.98 Å². The predicted octanol–water partition coefficient (Wildman–Crippen LogP) is 4.00. The third-order valence-corrected chi connectivity index (χ3v) is 4.63. The summed E-state index contributed by atoms with van der Waals surface area (Å²) in [6, 6.07) is 0. The van der Waals surface area contributed by atoms with Gasteiger partial charge >= 0.3 is 0 Å². The van der Waals surface area contributed by atoms with Crippen molar-refractivity contribution in [2.75, 3.05) is 18.4 Å². The molecule has 5 heteroatoms. The van der Waals surface area contributed by atoms with Gasteiger partial charge in [0.25, 0.3) is 0 Å². The molecule has 1 aromatic heterocycles. The molecule has 0 aliphatic carbocycles. The SMILES string of the molecule is CC1CC(C)CN(Cc2csc(NC(=O)CC(C)(C)C)n2)C1. The Hall–Kier alpha value is -0.940. The van der Waals surface area contributed by atoms with E-state index in [1.54, 1.807) is 0 Å². The Kier molecular flexibility index (Phi) is 5.61.